The standard InChI is InChI=1S/C13H11ClN4/c1-8-6-16-13-12(15)17-11(7-18(8)13)9-4-2-3-5-10(9)14/h2-7H,1H3,(H2,15,17). The van der Waals surface area contributed by atoms with Crippen LogP contribution in [0.2, 0.25) is 5.02 Å². The van der Waals surface area contributed by atoms with Crippen LogP contribution in [0.4, 0.5) is 5.82 Å². The highest BCUT2D eigenvalue weighted by Crippen LogP contribution is 2.27. The minimum atomic E-state index is 0.403. The van der Waals surface area contributed by atoms with E-state index < -0.39 is 0 Å². The summed E-state index contributed by atoms with van der Waals surface area (Å²) in [5, 5.41) is 0.654. The van der Waals surface area contributed by atoms with Crippen LogP contribution in [-0.2, 0) is 0 Å². The topological polar surface area (TPSA) is 56.2 Å². The number of aromatic nitrogens is 3. The molecule has 4 nitrogen and oxygen atoms in total. The Kier molecular flexibility index (Phi) is 2.45. The third-order valence-corrected chi connectivity index (χ3v) is 3.18. The van der Waals surface area contributed by atoms with Crippen molar-refractivity contribution in [3.63, 3.8) is 0 Å². The van der Waals surface area contributed by atoms with Crippen molar-refractivity contribution in [2.45, 2.75) is 6.92 Å². The van der Waals surface area contributed by atoms with Gasteiger partial charge in [-0.15, -0.1) is 0 Å². The Morgan fingerprint density at radius 1 is 1.28 bits per heavy atom. The minimum Gasteiger partial charge on any atom is -0.381 e. The van der Waals surface area contributed by atoms with Crippen LogP contribution in [0, 0.1) is 6.92 Å². The molecule has 0 amide bonds. The minimum absolute atomic E-state index is 0.403. The zero-order chi connectivity index (χ0) is 12.7. The Morgan fingerprint density at radius 2 is 2.06 bits per heavy atom. The average molecular weight is 259 g/mol. The summed E-state index contributed by atoms with van der Waals surface area (Å²) in [5.74, 6) is 0.403. The molecule has 3 rings (SSSR count). The van der Waals surface area contributed by atoms with E-state index in [0.717, 1.165) is 17.0 Å². The second-order valence-corrected chi connectivity index (χ2v) is 4.49. The molecule has 2 heterocycles. The number of nitrogens with zero attached hydrogens (tertiary/aromatic N) is 3. The van der Waals surface area contributed by atoms with E-state index in [1.165, 1.54) is 0 Å². The molecule has 0 fully saturated rings. The number of benzene rings is 1. The molecule has 2 N–H and O–H groups in total. The van der Waals surface area contributed by atoms with Crippen molar-refractivity contribution in [2.75, 3.05) is 5.73 Å². The average Bonchev–Trinajstić information content (AvgIpc) is 2.72. The molecule has 90 valence electrons. The van der Waals surface area contributed by atoms with Gasteiger partial charge in [0.1, 0.15) is 0 Å². The van der Waals surface area contributed by atoms with Gasteiger partial charge in [-0.25, -0.2) is 9.97 Å². The van der Waals surface area contributed by atoms with Crippen LogP contribution in [0.1, 0.15) is 5.69 Å². The Morgan fingerprint density at radius 3 is 2.83 bits per heavy atom. The second-order valence-electron chi connectivity index (χ2n) is 4.08. The largest absolute Gasteiger partial charge is 0.381 e. The number of hydrogen-bond donors (Lipinski definition) is 1. The van der Waals surface area contributed by atoms with E-state index in [2.05, 4.69) is 9.97 Å². The van der Waals surface area contributed by atoms with Crippen LogP contribution in [0.15, 0.2) is 36.7 Å². The predicted octanol–water partition coefficient (Wildman–Crippen LogP) is 2.94. The Labute approximate surface area is 109 Å². The fourth-order valence-corrected chi connectivity index (χ4v) is 2.16. The number of fused-ring (bicyclic) bond motifs is 1. The normalized spacial score (nSPS) is 11.0. The monoisotopic (exact) mass is 258 g/mol. The Hall–Kier alpha value is -2.07. The number of rotatable bonds is 1. The summed E-state index contributed by atoms with van der Waals surface area (Å²) in [6, 6.07) is 7.56. The van der Waals surface area contributed by atoms with E-state index in [1.54, 1.807) is 6.20 Å². The van der Waals surface area contributed by atoms with Crippen molar-refractivity contribution in [1.82, 2.24) is 14.4 Å². The molecular weight excluding hydrogens is 248 g/mol. The summed E-state index contributed by atoms with van der Waals surface area (Å²) in [6.45, 7) is 1.97. The summed E-state index contributed by atoms with van der Waals surface area (Å²) >= 11 is 6.17. The highest BCUT2D eigenvalue weighted by Gasteiger charge is 2.10. The number of aryl methyl sites for hydroxylation is 1. The van der Waals surface area contributed by atoms with Gasteiger partial charge in [0, 0.05) is 23.7 Å². The van der Waals surface area contributed by atoms with Crippen LogP contribution >= 0.6 is 11.6 Å². The smallest absolute Gasteiger partial charge is 0.180 e. The molecule has 5 heteroatoms. The van der Waals surface area contributed by atoms with Gasteiger partial charge in [-0.05, 0) is 13.0 Å². The molecule has 0 bridgehead atoms. The summed E-state index contributed by atoms with van der Waals surface area (Å²) in [5.41, 5.74) is 9.20. The van der Waals surface area contributed by atoms with Crippen molar-refractivity contribution < 1.29 is 0 Å². The van der Waals surface area contributed by atoms with Crippen molar-refractivity contribution in [1.29, 1.82) is 0 Å². The third kappa shape index (κ3) is 1.62. The van der Waals surface area contributed by atoms with Crippen LogP contribution in [0.3, 0.4) is 0 Å². The highest BCUT2D eigenvalue weighted by molar-refractivity contribution is 6.33. The third-order valence-electron chi connectivity index (χ3n) is 2.85. The number of anilines is 1. The van der Waals surface area contributed by atoms with Crippen molar-refractivity contribution in [2.24, 2.45) is 0 Å². The molecule has 0 saturated carbocycles. The van der Waals surface area contributed by atoms with E-state index in [9.17, 15) is 0 Å². The van der Waals surface area contributed by atoms with Gasteiger partial charge < -0.3 is 5.73 Å². The lowest BCUT2D eigenvalue weighted by Crippen LogP contribution is -2.00. The summed E-state index contributed by atoms with van der Waals surface area (Å²) < 4.78 is 1.92. The van der Waals surface area contributed by atoms with Gasteiger partial charge in [0.15, 0.2) is 11.5 Å². The van der Waals surface area contributed by atoms with Gasteiger partial charge in [0.05, 0.1) is 10.7 Å². The van der Waals surface area contributed by atoms with Crippen LogP contribution in [0.25, 0.3) is 16.9 Å². The molecule has 0 radical (unpaired) electrons. The number of nitrogen functional groups attached to an aromatic ring is 1. The molecule has 0 unspecified atom stereocenters. The molecule has 0 saturated heterocycles. The summed E-state index contributed by atoms with van der Waals surface area (Å²) in [6.07, 6.45) is 3.67. The molecule has 18 heavy (non-hydrogen) atoms. The SMILES string of the molecule is Cc1cnc2c(N)nc(-c3ccccc3Cl)cn12. The maximum absolute atomic E-state index is 6.17. The Balaban J connectivity index is 2.31. The molecule has 3 aromatic rings. The number of halogens is 1. The molecule has 2 aromatic heterocycles. The lowest BCUT2D eigenvalue weighted by molar-refractivity contribution is 1.08. The van der Waals surface area contributed by atoms with E-state index in [-0.39, 0.29) is 0 Å². The van der Waals surface area contributed by atoms with Crippen molar-refractivity contribution in [3.05, 3.63) is 47.4 Å². The maximum Gasteiger partial charge on any atom is 0.180 e. The first-order chi connectivity index (χ1) is 8.66. The van der Waals surface area contributed by atoms with Gasteiger partial charge in [-0.1, -0.05) is 29.8 Å². The quantitative estimate of drug-likeness (QED) is 0.730. The molecule has 0 aliphatic carbocycles. The molecule has 0 atom stereocenters. The van der Waals surface area contributed by atoms with Gasteiger partial charge in [0.25, 0.3) is 0 Å². The van der Waals surface area contributed by atoms with Gasteiger partial charge in [-0.3, -0.25) is 4.40 Å². The second kappa shape index (κ2) is 3.99. The van der Waals surface area contributed by atoms with E-state index in [4.69, 9.17) is 17.3 Å². The van der Waals surface area contributed by atoms with Crippen LogP contribution in [-0.4, -0.2) is 14.4 Å². The zero-order valence-electron chi connectivity index (χ0n) is 9.76. The predicted molar refractivity (Wildman–Crippen MR) is 72.6 cm³/mol. The molecule has 1 aromatic carbocycles. The van der Waals surface area contributed by atoms with Crippen LogP contribution < -0.4 is 5.73 Å². The summed E-state index contributed by atoms with van der Waals surface area (Å²) in [4.78, 5) is 8.57. The van der Waals surface area contributed by atoms with E-state index in [1.807, 2.05) is 41.8 Å². The molecule has 0 aliphatic heterocycles. The van der Waals surface area contributed by atoms with E-state index >= 15 is 0 Å². The lowest BCUT2D eigenvalue weighted by Gasteiger charge is -2.06. The highest BCUT2D eigenvalue weighted by atomic mass is 35.5. The van der Waals surface area contributed by atoms with Gasteiger partial charge in [-0.2, -0.15) is 0 Å². The molecule has 0 spiro atoms. The van der Waals surface area contributed by atoms with Crippen molar-refractivity contribution in [3.8, 4) is 11.3 Å². The van der Waals surface area contributed by atoms with Gasteiger partial charge in [0.2, 0.25) is 0 Å². The fourth-order valence-electron chi connectivity index (χ4n) is 1.93. The Bertz CT molecular complexity index is 733. The van der Waals surface area contributed by atoms with Gasteiger partial charge >= 0.3 is 0 Å². The molecule has 0 aliphatic rings. The number of hydrogen-bond acceptors (Lipinski definition) is 3. The van der Waals surface area contributed by atoms with E-state index in [0.29, 0.717) is 16.5 Å². The zero-order valence-corrected chi connectivity index (χ0v) is 10.5. The van der Waals surface area contributed by atoms with Crippen LogP contribution in [0.5, 0.6) is 0 Å². The first-order valence-electron chi connectivity index (χ1n) is 5.52. The fraction of sp³-hybridized carbons (Fsp3) is 0.0769. The maximum atomic E-state index is 6.17. The lowest BCUT2D eigenvalue weighted by atomic mass is 10.1. The van der Waals surface area contributed by atoms with Crippen molar-refractivity contribution >= 4 is 23.1 Å². The number of nitrogens with two attached hydrogens (primary N) is 1. The first-order valence-corrected chi connectivity index (χ1v) is 5.89. The number of imidazole rings is 1. The molecular formula is C13H11ClN4. The summed E-state index contributed by atoms with van der Waals surface area (Å²) in [7, 11) is 0. The first kappa shape index (κ1) is 11.0.